The predicted molar refractivity (Wildman–Crippen MR) is 65.7 cm³/mol. The van der Waals surface area contributed by atoms with Crippen molar-refractivity contribution in [3.8, 4) is 0 Å². The first-order valence-corrected chi connectivity index (χ1v) is 6.74. The van der Waals surface area contributed by atoms with Crippen LogP contribution >= 0.6 is 0 Å². The maximum atomic E-state index is 12.8. The third-order valence-electron chi connectivity index (χ3n) is 3.86. The number of halogens is 3. The molecule has 0 saturated heterocycles. The number of aromatic nitrogens is 1. The highest BCUT2D eigenvalue weighted by atomic mass is 19.4. The van der Waals surface area contributed by atoms with Crippen molar-refractivity contribution in [2.45, 2.75) is 57.5 Å². The summed E-state index contributed by atoms with van der Waals surface area (Å²) in [4.78, 5) is 0. The Morgan fingerprint density at radius 1 is 1.37 bits per heavy atom. The fourth-order valence-electron chi connectivity index (χ4n) is 2.88. The molecule has 6 heteroatoms. The SMILES string of the molecule is CCCc1c(N)noc1C1CCCC(C(F)(F)F)C1. The van der Waals surface area contributed by atoms with Gasteiger partial charge < -0.3 is 10.3 Å². The maximum absolute atomic E-state index is 12.8. The number of hydrogen-bond donors (Lipinski definition) is 1. The number of hydrogen-bond acceptors (Lipinski definition) is 3. The molecule has 1 aliphatic carbocycles. The Hall–Kier alpha value is -1.20. The molecule has 3 nitrogen and oxygen atoms in total. The highest BCUT2D eigenvalue weighted by molar-refractivity contribution is 5.41. The van der Waals surface area contributed by atoms with E-state index in [1.54, 1.807) is 0 Å². The van der Waals surface area contributed by atoms with E-state index < -0.39 is 12.1 Å². The Labute approximate surface area is 110 Å². The molecule has 1 heterocycles. The van der Waals surface area contributed by atoms with Gasteiger partial charge in [0.2, 0.25) is 0 Å². The van der Waals surface area contributed by atoms with Crippen molar-refractivity contribution >= 4 is 5.82 Å². The average molecular weight is 276 g/mol. The smallest absolute Gasteiger partial charge is 0.381 e. The molecule has 19 heavy (non-hydrogen) atoms. The van der Waals surface area contributed by atoms with E-state index in [1.165, 1.54) is 0 Å². The lowest BCUT2D eigenvalue weighted by molar-refractivity contribution is -0.183. The zero-order valence-electron chi connectivity index (χ0n) is 11.0. The summed E-state index contributed by atoms with van der Waals surface area (Å²) < 4.78 is 43.6. The number of anilines is 1. The molecule has 2 unspecified atom stereocenters. The summed E-state index contributed by atoms with van der Waals surface area (Å²) in [6, 6.07) is 0. The minimum atomic E-state index is -4.12. The van der Waals surface area contributed by atoms with Crippen molar-refractivity contribution in [2.24, 2.45) is 5.92 Å². The number of alkyl halides is 3. The molecule has 2 rings (SSSR count). The van der Waals surface area contributed by atoms with Gasteiger partial charge in [-0.25, -0.2) is 0 Å². The van der Waals surface area contributed by atoms with Crippen molar-refractivity contribution in [3.05, 3.63) is 11.3 Å². The van der Waals surface area contributed by atoms with E-state index in [2.05, 4.69) is 5.16 Å². The first kappa shape index (κ1) is 14.2. The predicted octanol–water partition coefficient (Wildman–Crippen LogP) is 4.05. The molecule has 0 radical (unpaired) electrons. The van der Waals surface area contributed by atoms with E-state index in [1.807, 2.05) is 6.92 Å². The standard InChI is InChI=1S/C13H19F3N2O/c1-2-4-10-11(19-18-12(10)17)8-5-3-6-9(7-8)13(14,15)16/h8-9H,2-7H2,1H3,(H2,17,18). The Morgan fingerprint density at radius 2 is 2.11 bits per heavy atom. The minimum Gasteiger partial charge on any atom is -0.381 e. The molecule has 2 atom stereocenters. The normalized spacial score (nSPS) is 24.6. The zero-order chi connectivity index (χ0) is 14.0. The molecule has 1 saturated carbocycles. The second-order valence-electron chi connectivity index (χ2n) is 5.26. The molecule has 0 spiro atoms. The van der Waals surface area contributed by atoms with Gasteiger partial charge in [0.05, 0.1) is 5.92 Å². The molecule has 1 aliphatic rings. The van der Waals surface area contributed by atoms with E-state index >= 15 is 0 Å². The highest BCUT2D eigenvalue weighted by Crippen LogP contribution is 2.45. The van der Waals surface area contributed by atoms with Crippen LogP contribution in [0.25, 0.3) is 0 Å². The van der Waals surface area contributed by atoms with Crippen LogP contribution in [0, 0.1) is 5.92 Å². The van der Waals surface area contributed by atoms with Gasteiger partial charge in [-0.15, -0.1) is 0 Å². The highest BCUT2D eigenvalue weighted by Gasteiger charge is 2.43. The lowest BCUT2D eigenvalue weighted by atomic mass is 9.78. The number of nitrogens with zero attached hydrogens (tertiary/aromatic N) is 1. The van der Waals surface area contributed by atoms with Gasteiger partial charge in [0.15, 0.2) is 5.82 Å². The lowest BCUT2D eigenvalue weighted by Gasteiger charge is -2.29. The van der Waals surface area contributed by atoms with Crippen LogP contribution in [-0.2, 0) is 6.42 Å². The molecule has 108 valence electrons. The second kappa shape index (κ2) is 5.43. The molecule has 1 fully saturated rings. The van der Waals surface area contributed by atoms with E-state index in [9.17, 15) is 13.2 Å². The summed E-state index contributed by atoms with van der Waals surface area (Å²) in [5.41, 5.74) is 6.53. The number of rotatable bonds is 3. The van der Waals surface area contributed by atoms with Crippen LogP contribution in [0.4, 0.5) is 19.0 Å². The van der Waals surface area contributed by atoms with Gasteiger partial charge in [-0.1, -0.05) is 24.9 Å². The van der Waals surface area contributed by atoms with Crippen molar-refractivity contribution < 1.29 is 17.7 Å². The van der Waals surface area contributed by atoms with Crippen LogP contribution in [-0.4, -0.2) is 11.3 Å². The molecule has 2 N–H and O–H groups in total. The van der Waals surface area contributed by atoms with E-state index in [-0.39, 0.29) is 18.8 Å². The molecule has 1 aromatic rings. The monoisotopic (exact) mass is 276 g/mol. The quantitative estimate of drug-likeness (QED) is 0.906. The van der Waals surface area contributed by atoms with E-state index in [4.69, 9.17) is 10.3 Å². The van der Waals surface area contributed by atoms with E-state index in [0.29, 0.717) is 24.4 Å². The summed E-state index contributed by atoms with van der Waals surface area (Å²) in [5.74, 6) is -0.530. The van der Waals surface area contributed by atoms with Gasteiger partial charge in [-0.05, 0) is 25.7 Å². The van der Waals surface area contributed by atoms with Crippen LogP contribution in [0.15, 0.2) is 4.52 Å². The molecular formula is C13H19F3N2O. The first-order chi connectivity index (χ1) is 8.93. The summed E-state index contributed by atoms with van der Waals surface area (Å²) in [5, 5.41) is 3.72. The summed E-state index contributed by atoms with van der Waals surface area (Å²) in [7, 11) is 0. The Balaban J connectivity index is 2.17. The molecule has 0 amide bonds. The summed E-state index contributed by atoms with van der Waals surface area (Å²) in [6.07, 6.45) is -0.943. The average Bonchev–Trinajstić information content (AvgIpc) is 2.71. The Kier molecular flexibility index (Phi) is 4.06. The first-order valence-electron chi connectivity index (χ1n) is 6.74. The van der Waals surface area contributed by atoms with Crippen molar-refractivity contribution in [1.82, 2.24) is 5.16 Å². The van der Waals surface area contributed by atoms with Crippen molar-refractivity contribution in [1.29, 1.82) is 0 Å². The van der Waals surface area contributed by atoms with Gasteiger partial charge >= 0.3 is 6.18 Å². The van der Waals surface area contributed by atoms with Crippen LogP contribution in [0.3, 0.4) is 0 Å². The van der Waals surface area contributed by atoms with Crippen LogP contribution in [0.2, 0.25) is 0 Å². The van der Waals surface area contributed by atoms with Gasteiger partial charge in [0.25, 0.3) is 0 Å². The topological polar surface area (TPSA) is 52.0 Å². The third kappa shape index (κ3) is 3.04. The van der Waals surface area contributed by atoms with Gasteiger partial charge in [-0.3, -0.25) is 0 Å². The van der Waals surface area contributed by atoms with Crippen LogP contribution < -0.4 is 5.73 Å². The fourth-order valence-corrected chi connectivity index (χ4v) is 2.88. The molecular weight excluding hydrogens is 257 g/mol. The Morgan fingerprint density at radius 3 is 2.74 bits per heavy atom. The van der Waals surface area contributed by atoms with Gasteiger partial charge in [-0.2, -0.15) is 13.2 Å². The third-order valence-corrected chi connectivity index (χ3v) is 3.86. The number of nitrogen functional groups attached to an aromatic ring is 1. The summed E-state index contributed by atoms with van der Waals surface area (Å²) in [6.45, 7) is 2.00. The van der Waals surface area contributed by atoms with Crippen molar-refractivity contribution in [3.63, 3.8) is 0 Å². The van der Waals surface area contributed by atoms with E-state index in [0.717, 1.165) is 18.4 Å². The van der Waals surface area contributed by atoms with Gasteiger partial charge in [0.1, 0.15) is 5.76 Å². The van der Waals surface area contributed by atoms with Gasteiger partial charge in [0, 0.05) is 11.5 Å². The molecule has 0 aliphatic heterocycles. The lowest BCUT2D eigenvalue weighted by Crippen LogP contribution is -2.28. The minimum absolute atomic E-state index is 0.0921. The van der Waals surface area contributed by atoms with Crippen LogP contribution in [0.5, 0.6) is 0 Å². The molecule has 1 aromatic heterocycles. The molecule has 0 aromatic carbocycles. The number of nitrogens with two attached hydrogens (primary N) is 1. The second-order valence-corrected chi connectivity index (χ2v) is 5.26. The maximum Gasteiger partial charge on any atom is 0.391 e. The molecule has 0 bridgehead atoms. The fraction of sp³-hybridized carbons (Fsp3) is 0.769. The largest absolute Gasteiger partial charge is 0.391 e. The Bertz CT molecular complexity index is 428. The van der Waals surface area contributed by atoms with Crippen molar-refractivity contribution in [2.75, 3.05) is 5.73 Å². The zero-order valence-corrected chi connectivity index (χ0v) is 11.0. The van der Waals surface area contributed by atoms with Crippen LogP contribution in [0.1, 0.15) is 56.3 Å². The summed E-state index contributed by atoms with van der Waals surface area (Å²) >= 11 is 0.